The van der Waals surface area contributed by atoms with Crippen molar-refractivity contribution in [2.75, 3.05) is 19.8 Å². The fourth-order valence-electron chi connectivity index (χ4n) is 1.85. The molecule has 0 aliphatic carbocycles. The molecular formula is C17H22N2O3. The molecule has 1 heterocycles. The van der Waals surface area contributed by atoms with Crippen LogP contribution in [0.1, 0.15) is 30.6 Å². The molecule has 22 heavy (non-hydrogen) atoms. The van der Waals surface area contributed by atoms with Crippen LogP contribution in [0.2, 0.25) is 0 Å². The number of benzene rings is 1. The Kier molecular flexibility index (Phi) is 6.15. The number of nitrogens with zero attached hydrogens (tertiary/aromatic N) is 2. The van der Waals surface area contributed by atoms with E-state index >= 15 is 0 Å². The second-order valence-electron chi connectivity index (χ2n) is 5.44. The van der Waals surface area contributed by atoms with Crippen LogP contribution in [0.25, 0.3) is 5.69 Å². The molecule has 1 aromatic carbocycles. The maximum absolute atomic E-state index is 11.9. The van der Waals surface area contributed by atoms with Crippen LogP contribution in [-0.4, -0.2) is 35.6 Å². The number of hydrogen-bond donors (Lipinski definition) is 0. The molecule has 5 heteroatoms. The van der Waals surface area contributed by atoms with Gasteiger partial charge in [-0.3, -0.25) is 0 Å². The molecular weight excluding hydrogens is 280 g/mol. The number of carbonyl (C=O) groups is 1. The van der Waals surface area contributed by atoms with E-state index in [-0.39, 0.29) is 12.6 Å². The molecule has 0 amide bonds. The van der Waals surface area contributed by atoms with Crippen LogP contribution in [0, 0.1) is 5.92 Å². The molecule has 0 unspecified atom stereocenters. The summed E-state index contributed by atoms with van der Waals surface area (Å²) < 4.78 is 12.2. The van der Waals surface area contributed by atoms with E-state index in [0.29, 0.717) is 24.7 Å². The molecule has 0 saturated carbocycles. The fraction of sp³-hybridized carbons (Fsp3) is 0.412. The van der Waals surface area contributed by atoms with Crippen LogP contribution in [-0.2, 0) is 9.47 Å². The van der Waals surface area contributed by atoms with Gasteiger partial charge in [-0.15, -0.1) is 0 Å². The molecule has 0 radical (unpaired) electrons. The molecule has 2 rings (SSSR count). The molecule has 2 aromatic rings. The lowest BCUT2D eigenvalue weighted by Gasteiger charge is -2.06. The van der Waals surface area contributed by atoms with Crippen molar-refractivity contribution in [1.82, 2.24) is 9.78 Å². The lowest BCUT2D eigenvalue weighted by molar-refractivity contribution is 0.0303. The van der Waals surface area contributed by atoms with Gasteiger partial charge >= 0.3 is 5.97 Å². The third kappa shape index (κ3) is 5.00. The molecule has 1 aromatic heterocycles. The Balaban J connectivity index is 1.75. The van der Waals surface area contributed by atoms with Crippen LogP contribution in [0.15, 0.2) is 42.7 Å². The van der Waals surface area contributed by atoms with Gasteiger partial charge in [-0.2, -0.15) is 5.10 Å². The zero-order valence-electron chi connectivity index (χ0n) is 13.1. The van der Waals surface area contributed by atoms with Gasteiger partial charge in [-0.05, 0) is 24.5 Å². The largest absolute Gasteiger partial charge is 0.460 e. The Bertz CT molecular complexity index is 579. The van der Waals surface area contributed by atoms with Crippen molar-refractivity contribution in [2.24, 2.45) is 5.92 Å². The van der Waals surface area contributed by atoms with Gasteiger partial charge in [0.05, 0.1) is 24.1 Å². The van der Waals surface area contributed by atoms with Crippen molar-refractivity contribution in [3.05, 3.63) is 48.3 Å². The monoisotopic (exact) mass is 302 g/mol. The van der Waals surface area contributed by atoms with Crippen molar-refractivity contribution in [3.63, 3.8) is 0 Å². The summed E-state index contributed by atoms with van der Waals surface area (Å²) in [4.78, 5) is 11.9. The normalized spacial score (nSPS) is 10.9. The first-order chi connectivity index (χ1) is 10.7. The summed E-state index contributed by atoms with van der Waals surface area (Å²) in [7, 11) is 0. The van der Waals surface area contributed by atoms with Crippen LogP contribution in [0.4, 0.5) is 0 Å². The first kappa shape index (κ1) is 16.2. The number of ether oxygens (including phenoxy) is 2. The summed E-state index contributed by atoms with van der Waals surface area (Å²) in [5, 5.41) is 4.17. The quantitative estimate of drug-likeness (QED) is 0.555. The zero-order chi connectivity index (χ0) is 15.8. The summed E-state index contributed by atoms with van der Waals surface area (Å²) in [5.41, 5.74) is 1.34. The highest BCUT2D eigenvalue weighted by Gasteiger charge is 2.10. The van der Waals surface area contributed by atoms with E-state index in [2.05, 4.69) is 18.9 Å². The molecule has 0 bridgehead atoms. The summed E-state index contributed by atoms with van der Waals surface area (Å²) in [6, 6.07) is 9.61. The highest BCUT2D eigenvalue weighted by atomic mass is 16.6. The Morgan fingerprint density at radius 2 is 1.95 bits per heavy atom. The zero-order valence-corrected chi connectivity index (χ0v) is 13.1. The minimum absolute atomic E-state index is 0.257. The average molecular weight is 302 g/mol. The summed E-state index contributed by atoms with van der Waals surface area (Å²) in [6.07, 6.45) is 4.18. The average Bonchev–Trinajstić information content (AvgIpc) is 3.01. The third-order valence-electron chi connectivity index (χ3n) is 3.14. The first-order valence-corrected chi connectivity index (χ1v) is 7.52. The van der Waals surface area contributed by atoms with Crippen LogP contribution in [0.5, 0.6) is 0 Å². The number of carbonyl (C=O) groups excluding carboxylic acids is 1. The molecule has 0 atom stereocenters. The second-order valence-corrected chi connectivity index (χ2v) is 5.44. The molecule has 5 nitrogen and oxygen atoms in total. The van der Waals surface area contributed by atoms with E-state index in [1.54, 1.807) is 10.9 Å². The molecule has 0 aliphatic rings. The van der Waals surface area contributed by atoms with Crippen LogP contribution >= 0.6 is 0 Å². The van der Waals surface area contributed by atoms with Gasteiger partial charge in [0.2, 0.25) is 0 Å². The predicted octanol–water partition coefficient (Wildman–Crippen LogP) is 3.09. The molecule has 0 fully saturated rings. The van der Waals surface area contributed by atoms with E-state index in [1.807, 2.05) is 30.3 Å². The third-order valence-corrected chi connectivity index (χ3v) is 3.14. The number of hydrogen-bond acceptors (Lipinski definition) is 4. The molecule has 0 aliphatic heterocycles. The standard InChI is InChI=1S/C17H22N2O3/c1-14(2)8-9-21-10-11-22-17(20)15-12-18-19(13-15)16-6-4-3-5-7-16/h3-7,12-14H,8-11H2,1-2H3. The Hall–Kier alpha value is -2.14. The van der Waals surface area contributed by atoms with Gasteiger partial charge in [-0.1, -0.05) is 32.0 Å². The van der Waals surface area contributed by atoms with E-state index in [4.69, 9.17) is 9.47 Å². The summed E-state index contributed by atoms with van der Waals surface area (Å²) in [6.45, 7) is 5.67. The van der Waals surface area contributed by atoms with E-state index in [0.717, 1.165) is 12.1 Å². The maximum Gasteiger partial charge on any atom is 0.341 e. The number of para-hydroxylation sites is 1. The van der Waals surface area contributed by atoms with Gasteiger partial charge in [0.1, 0.15) is 6.61 Å². The van der Waals surface area contributed by atoms with Crippen molar-refractivity contribution in [2.45, 2.75) is 20.3 Å². The van der Waals surface area contributed by atoms with E-state index < -0.39 is 0 Å². The van der Waals surface area contributed by atoms with Crippen molar-refractivity contribution < 1.29 is 14.3 Å². The molecule has 0 N–H and O–H groups in total. The lowest BCUT2D eigenvalue weighted by Crippen LogP contribution is -2.11. The molecule has 0 saturated heterocycles. The predicted molar refractivity (Wildman–Crippen MR) is 84.1 cm³/mol. The smallest absolute Gasteiger partial charge is 0.341 e. The van der Waals surface area contributed by atoms with Crippen molar-refractivity contribution in [1.29, 1.82) is 0 Å². The van der Waals surface area contributed by atoms with Crippen LogP contribution < -0.4 is 0 Å². The SMILES string of the molecule is CC(C)CCOCCOC(=O)c1cnn(-c2ccccc2)c1. The molecule has 0 spiro atoms. The maximum atomic E-state index is 11.9. The first-order valence-electron chi connectivity index (χ1n) is 7.52. The highest BCUT2D eigenvalue weighted by Crippen LogP contribution is 2.08. The highest BCUT2D eigenvalue weighted by molar-refractivity contribution is 5.88. The lowest BCUT2D eigenvalue weighted by atomic mass is 10.1. The summed E-state index contributed by atoms with van der Waals surface area (Å²) in [5.74, 6) is 0.237. The van der Waals surface area contributed by atoms with Gasteiger partial charge < -0.3 is 9.47 Å². The Labute approximate surface area is 130 Å². The van der Waals surface area contributed by atoms with Gasteiger partial charge in [0, 0.05) is 12.8 Å². The van der Waals surface area contributed by atoms with Gasteiger partial charge in [0.25, 0.3) is 0 Å². The molecule has 118 valence electrons. The minimum atomic E-state index is -0.380. The Morgan fingerprint density at radius 3 is 2.68 bits per heavy atom. The van der Waals surface area contributed by atoms with E-state index in [9.17, 15) is 4.79 Å². The van der Waals surface area contributed by atoms with Gasteiger partial charge in [-0.25, -0.2) is 9.48 Å². The second kappa shape index (κ2) is 8.34. The van der Waals surface area contributed by atoms with Crippen LogP contribution in [0.3, 0.4) is 0 Å². The van der Waals surface area contributed by atoms with Crippen molar-refractivity contribution >= 4 is 5.97 Å². The Morgan fingerprint density at radius 1 is 1.18 bits per heavy atom. The number of esters is 1. The van der Waals surface area contributed by atoms with E-state index in [1.165, 1.54) is 6.20 Å². The number of rotatable bonds is 8. The topological polar surface area (TPSA) is 53.4 Å². The van der Waals surface area contributed by atoms with Crippen molar-refractivity contribution in [3.8, 4) is 5.69 Å². The number of aromatic nitrogens is 2. The fourth-order valence-corrected chi connectivity index (χ4v) is 1.85. The minimum Gasteiger partial charge on any atom is -0.460 e. The van der Waals surface area contributed by atoms with Gasteiger partial charge in [0.15, 0.2) is 0 Å². The summed E-state index contributed by atoms with van der Waals surface area (Å²) >= 11 is 0.